The van der Waals surface area contributed by atoms with Crippen LogP contribution in [0, 0.1) is 18.3 Å². The number of β-amino-alcohol motifs (C(OH)–C–C–N with tert-alkyl or cyclic N) is 1. The fourth-order valence-corrected chi connectivity index (χ4v) is 5.90. The van der Waals surface area contributed by atoms with Crippen LogP contribution in [0.15, 0.2) is 53.1 Å². The lowest BCUT2D eigenvalue weighted by atomic mass is 9.85. The van der Waals surface area contributed by atoms with Gasteiger partial charge in [0.05, 0.1) is 22.7 Å². The number of carbonyl (C=O) groups excluding carboxylic acids is 4. The van der Waals surface area contributed by atoms with Crippen molar-refractivity contribution >= 4 is 40.9 Å². The third-order valence-corrected chi connectivity index (χ3v) is 8.43. The lowest BCUT2D eigenvalue weighted by molar-refractivity contribution is -0.144. The summed E-state index contributed by atoms with van der Waals surface area (Å²) in [5.74, 6) is -1.32. The molecule has 0 bridgehead atoms. The number of aromatic nitrogens is 2. The summed E-state index contributed by atoms with van der Waals surface area (Å²) in [4.78, 5) is 60.5. The third-order valence-electron chi connectivity index (χ3n) is 8.11. The van der Waals surface area contributed by atoms with Gasteiger partial charge in [0, 0.05) is 45.0 Å². The van der Waals surface area contributed by atoms with E-state index in [0.29, 0.717) is 22.4 Å². The molecule has 2 saturated heterocycles. The molecular weight excluding hydrogens is 600 g/mol. The van der Waals surface area contributed by atoms with Crippen LogP contribution in [0.1, 0.15) is 45.1 Å². The average Bonchev–Trinajstić information content (AvgIpc) is 3.72. The van der Waals surface area contributed by atoms with Crippen molar-refractivity contribution in [1.29, 1.82) is 0 Å². The van der Waals surface area contributed by atoms with Crippen LogP contribution in [0.2, 0.25) is 5.02 Å². The summed E-state index contributed by atoms with van der Waals surface area (Å²) in [6.45, 7) is 7.44. The molecule has 1 aromatic heterocycles. The maximum absolute atomic E-state index is 14.0. The van der Waals surface area contributed by atoms with Gasteiger partial charge in [0.1, 0.15) is 12.1 Å². The number of aliphatic hydroxyl groups excluding tert-OH is 1. The van der Waals surface area contributed by atoms with Crippen LogP contribution in [0.3, 0.4) is 0 Å². The van der Waals surface area contributed by atoms with E-state index in [4.69, 9.17) is 16.1 Å². The van der Waals surface area contributed by atoms with Gasteiger partial charge in [0.2, 0.25) is 35.3 Å². The molecule has 0 saturated carbocycles. The molecule has 2 aliphatic rings. The highest BCUT2D eigenvalue weighted by Crippen LogP contribution is 2.32. The Morgan fingerprint density at radius 3 is 2.44 bits per heavy atom. The number of para-hydroxylation sites is 1. The zero-order chi connectivity index (χ0) is 32.5. The quantitative estimate of drug-likeness (QED) is 0.341. The summed E-state index contributed by atoms with van der Waals surface area (Å²) in [5, 5.41) is 20.5. The number of anilines is 1. The normalized spacial score (nSPS) is 20.8. The van der Waals surface area contributed by atoms with Gasteiger partial charge < -0.3 is 30.1 Å². The first-order valence-corrected chi connectivity index (χ1v) is 15.2. The fourth-order valence-electron chi connectivity index (χ4n) is 5.66. The molecule has 2 fully saturated rings. The van der Waals surface area contributed by atoms with E-state index in [9.17, 15) is 24.3 Å². The zero-order valence-electron chi connectivity index (χ0n) is 25.6. The number of aryl methyl sites for hydroxylation is 1. The van der Waals surface area contributed by atoms with Crippen molar-refractivity contribution in [2.75, 3.05) is 18.0 Å². The molecule has 12 nitrogen and oxygen atoms in total. The summed E-state index contributed by atoms with van der Waals surface area (Å²) in [6, 6.07) is 12.3. The van der Waals surface area contributed by atoms with Gasteiger partial charge in [-0.15, -0.1) is 0 Å². The molecule has 0 aliphatic carbocycles. The van der Waals surface area contributed by atoms with Gasteiger partial charge in [-0.25, -0.2) is 0 Å². The molecule has 45 heavy (non-hydrogen) atoms. The molecular formula is C32H37ClN6O6. The number of aliphatic hydroxyl groups is 1. The van der Waals surface area contributed by atoms with E-state index in [1.54, 1.807) is 31.2 Å². The standard InChI is InChI=1S/C32H37ClN6O6/c1-18-35-28(37-45-18)20-11-9-19(10-12-20)15-34-30(43)25-14-22(40)17-39(25)31(44)27(32(2,3)4)36-29(42)21-13-26(41)38(16-21)24-8-6-5-7-23(24)33/h5-12,21-22,25,27,40H,13-17H2,1-4H3,(H,34,43)(H,36,42)/t21?,22-,25+,27-/m1/s1. The number of nitrogens with one attached hydrogen (secondary N) is 2. The van der Waals surface area contributed by atoms with Crippen molar-refractivity contribution in [1.82, 2.24) is 25.7 Å². The van der Waals surface area contributed by atoms with E-state index in [0.717, 1.165) is 11.1 Å². The first kappa shape index (κ1) is 32.1. The van der Waals surface area contributed by atoms with E-state index in [1.807, 2.05) is 45.0 Å². The van der Waals surface area contributed by atoms with Gasteiger partial charge in [0.15, 0.2) is 0 Å². The molecule has 13 heteroatoms. The van der Waals surface area contributed by atoms with Crippen LogP contribution < -0.4 is 15.5 Å². The topological polar surface area (TPSA) is 158 Å². The summed E-state index contributed by atoms with van der Waals surface area (Å²) < 4.78 is 5.02. The minimum atomic E-state index is -1.00. The second-order valence-corrected chi connectivity index (χ2v) is 13.0. The number of rotatable bonds is 8. The molecule has 4 atom stereocenters. The molecule has 3 aromatic rings. The second-order valence-electron chi connectivity index (χ2n) is 12.6. The van der Waals surface area contributed by atoms with Crippen LogP contribution in [-0.2, 0) is 25.7 Å². The lowest BCUT2D eigenvalue weighted by Crippen LogP contribution is -2.58. The predicted octanol–water partition coefficient (Wildman–Crippen LogP) is 2.86. The Balaban J connectivity index is 1.24. The first-order chi connectivity index (χ1) is 21.3. The van der Waals surface area contributed by atoms with Crippen molar-refractivity contribution in [3.8, 4) is 11.4 Å². The van der Waals surface area contributed by atoms with Crippen LogP contribution in [0.4, 0.5) is 5.69 Å². The second kappa shape index (κ2) is 13.0. The van der Waals surface area contributed by atoms with Crippen LogP contribution in [0.5, 0.6) is 0 Å². The Morgan fingerprint density at radius 2 is 1.80 bits per heavy atom. The Labute approximate surface area is 266 Å². The molecule has 4 amide bonds. The van der Waals surface area contributed by atoms with Crippen molar-refractivity contribution < 1.29 is 28.8 Å². The van der Waals surface area contributed by atoms with E-state index < -0.39 is 47.2 Å². The number of nitrogens with zero attached hydrogens (tertiary/aromatic N) is 4. The van der Waals surface area contributed by atoms with Gasteiger partial charge >= 0.3 is 0 Å². The van der Waals surface area contributed by atoms with Crippen LogP contribution in [-0.4, -0.2) is 75.1 Å². The fraction of sp³-hybridized carbons (Fsp3) is 0.438. The van der Waals surface area contributed by atoms with Crippen LogP contribution >= 0.6 is 11.6 Å². The van der Waals surface area contributed by atoms with Crippen LogP contribution in [0.25, 0.3) is 11.4 Å². The van der Waals surface area contributed by atoms with Crippen molar-refractivity contribution in [3.63, 3.8) is 0 Å². The van der Waals surface area contributed by atoms with E-state index in [2.05, 4.69) is 20.8 Å². The maximum Gasteiger partial charge on any atom is 0.246 e. The van der Waals surface area contributed by atoms with Gasteiger partial charge in [-0.1, -0.05) is 73.9 Å². The number of halogens is 1. The Hall–Kier alpha value is -4.29. The molecule has 0 radical (unpaired) electrons. The van der Waals surface area contributed by atoms with Gasteiger partial charge in [-0.2, -0.15) is 4.98 Å². The number of amides is 4. The van der Waals surface area contributed by atoms with E-state index in [1.165, 1.54) is 9.80 Å². The largest absolute Gasteiger partial charge is 0.391 e. The first-order valence-electron chi connectivity index (χ1n) is 14.8. The molecule has 2 aliphatic heterocycles. The summed E-state index contributed by atoms with van der Waals surface area (Å²) in [5.41, 5.74) is 1.39. The van der Waals surface area contributed by atoms with Gasteiger partial charge in [-0.05, 0) is 23.1 Å². The average molecular weight is 637 g/mol. The molecule has 2 aromatic carbocycles. The molecule has 3 heterocycles. The summed E-state index contributed by atoms with van der Waals surface area (Å²) in [7, 11) is 0. The molecule has 1 unspecified atom stereocenters. The van der Waals surface area contributed by atoms with Crippen molar-refractivity contribution in [3.05, 3.63) is 65.0 Å². The third kappa shape index (κ3) is 7.18. The molecule has 5 rings (SSSR count). The van der Waals surface area contributed by atoms with E-state index >= 15 is 0 Å². The van der Waals surface area contributed by atoms with Crippen molar-refractivity contribution in [2.24, 2.45) is 11.3 Å². The predicted molar refractivity (Wildman–Crippen MR) is 166 cm³/mol. The number of hydrogen-bond acceptors (Lipinski definition) is 8. The summed E-state index contributed by atoms with van der Waals surface area (Å²) in [6.07, 6.45) is -0.844. The summed E-state index contributed by atoms with van der Waals surface area (Å²) >= 11 is 6.29. The Kier molecular flexibility index (Phi) is 9.26. The monoisotopic (exact) mass is 636 g/mol. The smallest absolute Gasteiger partial charge is 0.246 e. The highest BCUT2D eigenvalue weighted by molar-refractivity contribution is 6.33. The highest BCUT2D eigenvalue weighted by Gasteiger charge is 2.46. The van der Waals surface area contributed by atoms with Gasteiger partial charge in [0.25, 0.3) is 0 Å². The number of carbonyl (C=O) groups is 4. The highest BCUT2D eigenvalue weighted by atomic mass is 35.5. The zero-order valence-corrected chi connectivity index (χ0v) is 26.4. The minimum absolute atomic E-state index is 0.0225. The molecule has 238 valence electrons. The lowest BCUT2D eigenvalue weighted by Gasteiger charge is -2.35. The SMILES string of the molecule is Cc1nc(-c2ccc(CNC(=O)[C@@H]3C[C@@H](O)CN3C(=O)[C@@H](NC(=O)C3CC(=O)N(c4ccccc4Cl)C3)C(C)(C)C)cc2)no1. The molecule has 0 spiro atoms. The number of likely N-dealkylation sites (tertiary alicyclic amines) is 1. The van der Waals surface area contributed by atoms with Crippen molar-refractivity contribution in [2.45, 2.75) is 65.3 Å². The number of hydrogen-bond donors (Lipinski definition) is 3. The van der Waals surface area contributed by atoms with E-state index in [-0.39, 0.29) is 38.4 Å². The minimum Gasteiger partial charge on any atom is -0.391 e. The number of benzene rings is 2. The Bertz CT molecular complexity index is 1590. The Morgan fingerprint density at radius 1 is 1.09 bits per heavy atom. The van der Waals surface area contributed by atoms with Gasteiger partial charge in [-0.3, -0.25) is 19.2 Å². The molecule has 3 N–H and O–H groups in total. The maximum atomic E-state index is 14.0.